The third-order valence-corrected chi connectivity index (χ3v) is 8.22. The first kappa shape index (κ1) is 23.2. The van der Waals surface area contributed by atoms with Gasteiger partial charge in [-0.1, -0.05) is 30.7 Å². The van der Waals surface area contributed by atoms with Gasteiger partial charge in [-0.15, -0.1) is 15.0 Å². The van der Waals surface area contributed by atoms with Gasteiger partial charge >= 0.3 is 5.97 Å². The fraction of sp³-hybridized carbons (Fsp3) is 0.269. The maximum atomic E-state index is 13.3. The highest BCUT2D eigenvalue weighted by Gasteiger charge is 2.28. The van der Waals surface area contributed by atoms with Crippen molar-refractivity contribution < 1.29 is 17.9 Å². The van der Waals surface area contributed by atoms with Crippen molar-refractivity contribution in [2.24, 2.45) is 0 Å². The number of sulfonamides is 1. The summed E-state index contributed by atoms with van der Waals surface area (Å²) in [6.45, 7) is 4.65. The summed E-state index contributed by atoms with van der Waals surface area (Å²) in [5.74, 6) is -0.371. The van der Waals surface area contributed by atoms with Gasteiger partial charge in [-0.2, -0.15) is 4.31 Å². The van der Waals surface area contributed by atoms with Gasteiger partial charge in [-0.3, -0.25) is 0 Å². The van der Waals surface area contributed by atoms with Gasteiger partial charge in [0.15, 0.2) is 5.75 Å². The molecule has 1 aliphatic heterocycles. The molecular formula is C26H26N4O4S. The maximum Gasteiger partial charge on any atom is 0.343 e. The predicted molar refractivity (Wildman–Crippen MR) is 132 cm³/mol. The molecule has 0 bridgehead atoms. The highest BCUT2D eigenvalue weighted by atomic mass is 32.2. The van der Waals surface area contributed by atoms with Crippen molar-refractivity contribution in [3.8, 4) is 11.4 Å². The SMILES string of the molecule is Cc1ccc(OC(=O)c2ccc(C)c(S(=O)(=O)N3CCCCC3)c2)c(-n2nc3ccccc3n2)c1. The zero-order valence-electron chi connectivity index (χ0n) is 19.6. The number of carbonyl (C=O) groups excluding carboxylic acids is 1. The highest BCUT2D eigenvalue weighted by Crippen LogP contribution is 2.28. The van der Waals surface area contributed by atoms with E-state index in [1.54, 1.807) is 25.1 Å². The molecule has 0 amide bonds. The van der Waals surface area contributed by atoms with Crippen molar-refractivity contribution in [2.75, 3.05) is 13.1 Å². The number of esters is 1. The predicted octanol–water partition coefficient (Wildman–Crippen LogP) is 4.43. The van der Waals surface area contributed by atoms with Crippen molar-refractivity contribution in [2.45, 2.75) is 38.0 Å². The summed E-state index contributed by atoms with van der Waals surface area (Å²) in [6.07, 6.45) is 2.70. The monoisotopic (exact) mass is 490 g/mol. The van der Waals surface area contributed by atoms with Crippen molar-refractivity contribution in [1.82, 2.24) is 19.3 Å². The zero-order valence-corrected chi connectivity index (χ0v) is 20.5. The number of hydrogen-bond donors (Lipinski definition) is 0. The van der Waals surface area contributed by atoms with E-state index in [9.17, 15) is 13.2 Å². The summed E-state index contributed by atoms with van der Waals surface area (Å²) in [6, 6.07) is 17.5. The number of fused-ring (bicyclic) bond motifs is 1. The number of aryl methyl sites for hydroxylation is 2. The van der Waals surface area contributed by atoms with Crippen LogP contribution >= 0.6 is 0 Å². The molecule has 1 fully saturated rings. The Morgan fingerprint density at radius 3 is 2.26 bits per heavy atom. The van der Waals surface area contributed by atoms with Gasteiger partial charge in [0.05, 0.1) is 10.5 Å². The average molecular weight is 491 g/mol. The molecule has 0 aliphatic carbocycles. The highest BCUT2D eigenvalue weighted by molar-refractivity contribution is 7.89. The second-order valence-corrected chi connectivity index (χ2v) is 10.7. The molecule has 5 rings (SSSR count). The Balaban J connectivity index is 1.47. The minimum atomic E-state index is -3.69. The van der Waals surface area contributed by atoms with Crippen LogP contribution in [-0.2, 0) is 10.0 Å². The van der Waals surface area contributed by atoms with Crippen molar-refractivity contribution >= 4 is 27.0 Å². The van der Waals surface area contributed by atoms with Crippen molar-refractivity contribution in [3.63, 3.8) is 0 Å². The average Bonchev–Trinajstić information content (AvgIpc) is 3.30. The van der Waals surface area contributed by atoms with Crippen molar-refractivity contribution in [1.29, 1.82) is 0 Å². The Bertz CT molecular complexity index is 1490. The lowest BCUT2D eigenvalue weighted by Crippen LogP contribution is -2.36. The van der Waals surface area contributed by atoms with Crippen LogP contribution in [0.1, 0.15) is 40.7 Å². The first-order valence-corrected chi connectivity index (χ1v) is 13.0. The summed E-state index contributed by atoms with van der Waals surface area (Å²) in [5, 5.41) is 9.01. The molecule has 0 radical (unpaired) electrons. The molecule has 9 heteroatoms. The van der Waals surface area contributed by atoms with E-state index < -0.39 is 16.0 Å². The standard InChI is InChI=1S/C26H26N4O4S/c1-18-10-13-24(23(16-18)30-27-21-8-4-5-9-22(21)28-30)34-26(31)20-12-11-19(2)25(17-20)35(32,33)29-14-6-3-7-15-29/h4-5,8-13,16-17H,3,6-7,14-15H2,1-2H3. The maximum absolute atomic E-state index is 13.3. The van der Waals surface area contributed by atoms with Crippen LogP contribution in [0.4, 0.5) is 0 Å². The number of hydrogen-bond acceptors (Lipinski definition) is 6. The number of carbonyl (C=O) groups is 1. The molecule has 0 spiro atoms. The number of rotatable bonds is 5. The van der Waals surface area contributed by atoms with Crippen LogP contribution in [0.25, 0.3) is 16.7 Å². The van der Waals surface area contributed by atoms with E-state index in [2.05, 4.69) is 10.2 Å². The summed E-state index contributed by atoms with van der Waals surface area (Å²) in [5.41, 5.74) is 3.66. The number of nitrogens with zero attached hydrogens (tertiary/aromatic N) is 4. The third-order valence-electron chi connectivity index (χ3n) is 6.18. The molecule has 0 atom stereocenters. The minimum Gasteiger partial charge on any atom is -0.421 e. The van der Waals surface area contributed by atoms with E-state index in [4.69, 9.17) is 4.74 Å². The Morgan fingerprint density at radius 1 is 0.886 bits per heavy atom. The first-order valence-electron chi connectivity index (χ1n) is 11.6. The molecule has 0 N–H and O–H groups in total. The van der Waals surface area contributed by atoms with Gasteiger partial charge in [0, 0.05) is 13.1 Å². The molecule has 1 aliphatic rings. The van der Waals surface area contributed by atoms with Gasteiger partial charge in [-0.05, 0) is 74.2 Å². The lowest BCUT2D eigenvalue weighted by molar-refractivity contribution is 0.0734. The van der Waals surface area contributed by atoms with Crippen LogP contribution in [0.3, 0.4) is 0 Å². The molecule has 3 aromatic carbocycles. The number of ether oxygens (including phenoxy) is 1. The molecule has 0 unspecified atom stereocenters. The van der Waals surface area contributed by atoms with E-state index in [-0.39, 0.29) is 16.2 Å². The summed E-state index contributed by atoms with van der Waals surface area (Å²) < 4.78 is 33.8. The molecule has 2 heterocycles. The normalized spacial score (nSPS) is 14.8. The molecule has 4 aromatic rings. The van der Waals surface area contributed by atoms with E-state index in [1.807, 2.05) is 43.3 Å². The van der Waals surface area contributed by atoms with E-state index >= 15 is 0 Å². The molecule has 180 valence electrons. The van der Waals surface area contributed by atoms with Crippen LogP contribution in [0.15, 0.2) is 65.6 Å². The fourth-order valence-electron chi connectivity index (χ4n) is 4.25. The second-order valence-electron chi connectivity index (χ2n) is 8.78. The molecule has 1 saturated heterocycles. The van der Waals surface area contributed by atoms with Crippen LogP contribution in [0.5, 0.6) is 5.75 Å². The molecular weight excluding hydrogens is 464 g/mol. The topological polar surface area (TPSA) is 94.4 Å². The van der Waals surface area contributed by atoms with Gasteiger partial charge in [0.25, 0.3) is 0 Å². The summed E-state index contributed by atoms with van der Waals surface area (Å²) in [7, 11) is -3.69. The minimum absolute atomic E-state index is 0.137. The van der Waals surface area contributed by atoms with Crippen LogP contribution in [0, 0.1) is 13.8 Å². The van der Waals surface area contributed by atoms with Crippen LogP contribution in [-0.4, -0.2) is 46.8 Å². The van der Waals surface area contributed by atoms with Gasteiger partial charge in [0.2, 0.25) is 10.0 Å². The number of benzene rings is 3. The van der Waals surface area contributed by atoms with E-state index in [1.165, 1.54) is 15.2 Å². The van der Waals surface area contributed by atoms with Gasteiger partial charge < -0.3 is 4.74 Å². The Morgan fingerprint density at radius 2 is 1.57 bits per heavy atom. The molecule has 35 heavy (non-hydrogen) atoms. The zero-order chi connectivity index (χ0) is 24.6. The van der Waals surface area contributed by atoms with Crippen LogP contribution in [0.2, 0.25) is 0 Å². The summed E-state index contributed by atoms with van der Waals surface area (Å²) >= 11 is 0. The third kappa shape index (κ3) is 4.56. The van der Waals surface area contributed by atoms with E-state index in [0.717, 1.165) is 35.9 Å². The largest absolute Gasteiger partial charge is 0.421 e. The smallest absolute Gasteiger partial charge is 0.343 e. The second kappa shape index (κ2) is 9.24. The van der Waals surface area contributed by atoms with Crippen LogP contribution < -0.4 is 4.74 Å². The molecule has 1 aromatic heterocycles. The number of aromatic nitrogens is 3. The van der Waals surface area contributed by atoms with Gasteiger partial charge in [0.1, 0.15) is 16.7 Å². The lowest BCUT2D eigenvalue weighted by Gasteiger charge is -2.26. The lowest BCUT2D eigenvalue weighted by atomic mass is 10.1. The van der Waals surface area contributed by atoms with Gasteiger partial charge in [-0.25, -0.2) is 13.2 Å². The molecule has 8 nitrogen and oxygen atoms in total. The quantitative estimate of drug-likeness (QED) is 0.303. The first-order chi connectivity index (χ1) is 16.8. The Hall–Kier alpha value is -3.56. The van der Waals surface area contributed by atoms with E-state index in [0.29, 0.717) is 24.3 Å². The Kier molecular flexibility index (Phi) is 6.12. The Labute approximate surface area is 204 Å². The molecule has 0 saturated carbocycles. The summed E-state index contributed by atoms with van der Waals surface area (Å²) in [4.78, 5) is 14.7. The van der Waals surface area contributed by atoms with Crippen molar-refractivity contribution in [3.05, 3.63) is 77.4 Å². The fourth-order valence-corrected chi connectivity index (χ4v) is 6.01. The number of piperidine rings is 1.